The van der Waals surface area contributed by atoms with Crippen LogP contribution in [-0.2, 0) is 0 Å². The smallest absolute Gasteiger partial charge is 0.343 e. The topological polar surface area (TPSA) is 44.8 Å². The summed E-state index contributed by atoms with van der Waals surface area (Å²) in [4.78, 5) is 12.5. The van der Waals surface area contributed by atoms with Crippen LogP contribution in [0, 0.1) is 5.92 Å². The van der Waals surface area contributed by atoms with Crippen LogP contribution in [0.5, 0.6) is 17.2 Å². The number of carbonyl (C=O) groups is 1. The molecule has 0 radical (unpaired) electrons. The Morgan fingerprint density at radius 3 is 1.74 bits per heavy atom. The molecule has 0 amide bonds. The van der Waals surface area contributed by atoms with Gasteiger partial charge in [-0.2, -0.15) is 0 Å². The molecule has 0 bridgehead atoms. The fourth-order valence-electron chi connectivity index (χ4n) is 4.14. The summed E-state index contributed by atoms with van der Waals surface area (Å²) < 4.78 is 17.1. The SMILES string of the molecule is CCCCCCCCCCOc1ccc(C(=O)Oc2ccc(OCCC[C@@H](C)CCC)cc2)cc1. The van der Waals surface area contributed by atoms with E-state index in [9.17, 15) is 4.79 Å². The number of benzene rings is 2. The van der Waals surface area contributed by atoms with Crippen molar-refractivity contribution in [3.8, 4) is 17.2 Å². The standard InChI is InChI=1S/C31H46O4/c1-4-6-7-8-9-10-11-12-24-33-28-18-16-27(17-19-28)31(32)35-30-22-20-29(21-23-30)34-25-13-15-26(3)14-5-2/h16-23,26H,4-15,24-25H2,1-3H3/t26-/m0/s1. The molecule has 0 saturated heterocycles. The third-order valence-corrected chi connectivity index (χ3v) is 6.28. The molecule has 0 saturated carbocycles. The van der Waals surface area contributed by atoms with Crippen LogP contribution < -0.4 is 14.2 Å². The second-order valence-corrected chi connectivity index (χ2v) is 9.59. The molecule has 2 rings (SSSR count). The molecule has 0 aliphatic rings. The largest absolute Gasteiger partial charge is 0.494 e. The number of ether oxygens (including phenoxy) is 3. The summed E-state index contributed by atoms with van der Waals surface area (Å²) in [6.45, 7) is 8.19. The van der Waals surface area contributed by atoms with E-state index in [2.05, 4.69) is 20.8 Å². The lowest BCUT2D eigenvalue weighted by Gasteiger charge is -2.11. The van der Waals surface area contributed by atoms with Gasteiger partial charge in [-0.3, -0.25) is 0 Å². The number of esters is 1. The third kappa shape index (κ3) is 12.7. The van der Waals surface area contributed by atoms with E-state index in [1.54, 1.807) is 24.3 Å². The monoisotopic (exact) mass is 482 g/mol. The highest BCUT2D eigenvalue weighted by molar-refractivity contribution is 5.91. The molecule has 4 nitrogen and oxygen atoms in total. The highest BCUT2D eigenvalue weighted by Gasteiger charge is 2.09. The van der Waals surface area contributed by atoms with Crippen molar-refractivity contribution < 1.29 is 19.0 Å². The first-order chi connectivity index (χ1) is 17.1. The molecule has 0 aromatic heterocycles. The molecule has 0 aliphatic carbocycles. The molecule has 0 spiro atoms. The van der Waals surface area contributed by atoms with Crippen LogP contribution >= 0.6 is 0 Å². The number of unbranched alkanes of at least 4 members (excludes halogenated alkanes) is 7. The van der Waals surface area contributed by atoms with E-state index in [4.69, 9.17) is 14.2 Å². The first kappa shape index (κ1) is 28.7. The average Bonchev–Trinajstić information content (AvgIpc) is 2.87. The van der Waals surface area contributed by atoms with Crippen molar-refractivity contribution in [1.29, 1.82) is 0 Å². The van der Waals surface area contributed by atoms with Gasteiger partial charge in [-0.25, -0.2) is 4.79 Å². The molecule has 0 N–H and O–H groups in total. The second kappa shape index (κ2) is 17.9. The molecule has 0 fully saturated rings. The van der Waals surface area contributed by atoms with Crippen molar-refractivity contribution >= 4 is 5.97 Å². The highest BCUT2D eigenvalue weighted by Crippen LogP contribution is 2.21. The van der Waals surface area contributed by atoms with E-state index in [1.165, 1.54) is 64.2 Å². The summed E-state index contributed by atoms with van der Waals surface area (Å²) in [5, 5.41) is 0. The molecule has 35 heavy (non-hydrogen) atoms. The van der Waals surface area contributed by atoms with Crippen molar-refractivity contribution in [3.63, 3.8) is 0 Å². The average molecular weight is 483 g/mol. The summed E-state index contributed by atoms with van der Waals surface area (Å²) in [5.74, 6) is 2.47. The lowest BCUT2D eigenvalue weighted by molar-refractivity contribution is 0.0734. The fourth-order valence-corrected chi connectivity index (χ4v) is 4.14. The fraction of sp³-hybridized carbons (Fsp3) is 0.581. The zero-order valence-corrected chi connectivity index (χ0v) is 22.2. The van der Waals surface area contributed by atoms with E-state index in [0.29, 0.717) is 24.5 Å². The number of rotatable bonds is 19. The van der Waals surface area contributed by atoms with Crippen LogP contribution in [0.15, 0.2) is 48.5 Å². The highest BCUT2D eigenvalue weighted by atomic mass is 16.5. The lowest BCUT2D eigenvalue weighted by Crippen LogP contribution is -2.08. The van der Waals surface area contributed by atoms with Gasteiger partial charge >= 0.3 is 5.97 Å². The van der Waals surface area contributed by atoms with E-state index < -0.39 is 0 Å². The van der Waals surface area contributed by atoms with Crippen LogP contribution in [0.1, 0.15) is 108 Å². The Hall–Kier alpha value is -2.49. The van der Waals surface area contributed by atoms with E-state index in [-0.39, 0.29) is 5.97 Å². The Morgan fingerprint density at radius 1 is 0.629 bits per heavy atom. The van der Waals surface area contributed by atoms with Gasteiger partial charge < -0.3 is 14.2 Å². The molecule has 1 atom stereocenters. The van der Waals surface area contributed by atoms with E-state index in [1.807, 2.05) is 24.3 Å². The predicted octanol–water partition coefficient (Wildman–Crippen LogP) is 9.02. The minimum Gasteiger partial charge on any atom is -0.494 e. The molecule has 2 aromatic carbocycles. The van der Waals surface area contributed by atoms with Gasteiger partial charge in [-0.1, -0.05) is 78.6 Å². The van der Waals surface area contributed by atoms with Gasteiger partial charge in [0, 0.05) is 0 Å². The zero-order valence-electron chi connectivity index (χ0n) is 22.2. The maximum Gasteiger partial charge on any atom is 0.343 e. The van der Waals surface area contributed by atoms with Gasteiger partial charge in [0.2, 0.25) is 0 Å². The summed E-state index contributed by atoms with van der Waals surface area (Å²) >= 11 is 0. The van der Waals surface area contributed by atoms with Crippen molar-refractivity contribution in [2.75, 3.05) is 13.2 Å². The quantitative estimate of drug-likeness (QED) is 0.114. The van der Waals surface area contributed by atoms with Gasteiger partial charge in [0.1, 0.15) is 17.2 Å². The van der Waals surface area contributed by atoms with E-state index in [0.717, 1.165) is 30.3 Å². The molecule has 0 aliphatic heterocycles. The summed E-state index contributed by atoms with van der Waals surface area (Å²) in [6.07, 6.45) is 15.0. The van der Waals surface area contributed by atoms with Crippen molar-refractivity contribution in [2.45, 2.75) is 97.8 Å². The Morgan fingerprint density at radius 2 is 1.14 bits per heavy atom. The van der Waals surface area contributed by atoms with Crippen LogP contribution in [0.3, 0.4) is 0 Å². The van der Waals surface area contributed by atoms with Gasteiger partial charge in [0.25, 0.3) is 0 Å². The first-order valence-electron chi connectivity index (χ1n) is 13.8. The maximum atomic E-state index is 12.5. The minimum absolute atomic E-state index is 0.377. The maximum absolute atomic E-state index is 12.5. The predicted molar refractivity (Wildman–Crippen MR) is 145 cm³/mol. The van der Waals surface area contributed by atoms with E-state index >= 15 is 0 Å². The number of hydrogen-bond acceptors (Lipinski definition) is 4. The molecular formula is C31H46O4. The van der Waals surface area contributed by atoms with Gasteiger partial charge in [0.05, 0.1) is 18.8 Å². The molecule has 0 unspecified atom stereocenters. The molecule has 2 aromatic rings. The van der Waals surface area contributed by atoms with Crippen molar-refractivity contribution in [3.05, 3.63) is 54.1 Å². The summed E-state index contributed by atoms with van der Waals surface area (Å²) in [7, 11) is 0. The van der Waals surface area contributed by atoms with Gasteiger partial charge in [-0.05, 0) is 73.7 Å². The lowest BCUT2D eigenvalue weighted by atomic mass is 10.0. The Bertz CT molecular complexity index is 798. The number of carbonyl (C=O) groups excluding carboxylic acids is 1. The third-order valence-electron chi connectivity index (χ3n) is 6.28. The zero-order chi connectivity index (χ0) is 25.1. The Balaban J connectivity index is 1.63. The normalized spacial score (nSPS) is 11.7. The van der Waals surface area contributed by atoms with Crippen LogP contribution in [-0.4, -0.2) is 19.2 Å². The van der Waals surface area contributed by atoms with Crippen LogP contribution in [0.25, 0.3) is 0 Å². The van der Waals surface area contributed by atoms with Crippen molar-refractivity contribution in [1.82, 2.24) is 0 Å². The second-order valence-electron chi connectivity index (χ2n) is 9.59. The molecular weight excluding hydrogens is 436 g/mol. The number of hydrogen-bond donors (Lipinski definition) is 0. The van der Waals surface area contributed by atoms with Gasteiger partial charge in [0.15, 0.2) is 0 Å². The Labute approximate surface area is 213 Å². The summed E-state index contributed by atoms with van der Waals surface area (Å²) in [6, 6.07) is 14.4. The molecule has 194 valence electrons. The summed E-state index contributed by atoms with van der Waals surface area (Å²) in [5.41, 5.74) is 0.506. The first-order valence-corrected chi connectivity index (χ1v) is 13.8. The minimum atomic E-state index is -0.377. The van der Waals surface area contributed by atoms with Crippen molar-refractivity contribution in [2.24, 2.45) is 5.92 Å². The molecule has 0 heterocycles. The Kier molecular flexibility index (Phi) is 14.7. The van der Waals surface area contributed by atoms with Crippen LogP contribution in [0.2, 0.25) is 0 Å². The molecule has 4 heteroatoms. The van der Waals surface area contributed by atoms with Crippen LogP contribution in [0.4, 0.5) is 0 Å². The van der Waals surface area contributed by atoms with Gasteiger partial charge in [-0.15, -0.1) is 0 Å².